The van der Waals surface area contributed by atoms with E-state index in [1.807, 2.05) is 30.3 Å². The van der Waals surface area contributed by atoms with Crippen molar-refractivity contribution >= 4 is 50.9 Å². The first-order valence-electron chi connectivity index (χ1n) is 10.1. The predicted octanol–water partition coefficient (Wildman–Crippen LogP) is 4.22. The molecule has 1 aliphatic rings. The van der Waals surface area contributed by atoms with Gasteiger partial charge in [-0.2, -0.15) is 0 Å². The van der Waals surface area contributed by atoms with Crippen LogP contribution in [0, 0.1) is 0 Å². The Kier molecular flexibility index (Phi) is 6.88. The minimum atomic E-state index is -0.737. The Morgan fingerprint density at radius 1 is 1.30 bits per heavy atom. The Morgan fingerprint density at radius 2 is 2.06 bits per heavy atom. The largest absolute Gasteiger partial charge is 0.496 e. The lowest BCUT2D eigenvalue weighted by Gasteiger charge is -2.25. The molecule has 33 heavy (non-hydrogen) atoms. The molecule has 9 heteroatoms. The molecule has 0 saturated carbocycles. The molecule has 0 unspecified atom stereocenters. The first-order chi connectivity index (χ1) is 15.8. The minimum Gasteiger partial charge on any atom is -0.496 e. The Balaban J connectivity index is 1.95. The number of hydrogen-bond acceptors (Lipinski definition) is 6. The third-order valence-electron chi connectivity index (χ3n) is 5.19. The molecular formula is C24H20BrClN2O4S. The highest BCUT2D eigenvalue weighted by Crippen LogP contribution is 2.34. The molecule has 4 rings (SSSR count). The van der Waals surface area contributed by atoms with Crippen LogP contribution in [0.3, 0.4) is 0 Å². The van der Waals surface area contributed by atoms with Crippen molar-refractivity contribution in [3.8, 4) is 5.75 Å². The lowest BCUT2D eigenvalue weighted by Crippen LogP contribution is -2.40. The van der Waals surface area contributed by atoms with E-state index < -0.39 is 12.0 Å². The van der Waals surface area contributed by atoms with Gasteiger partial charge in [0.25, 0.3) is 5.56 Å². The van der Waals surface area contributed by atoms with E-state index in [-0.39, 0.29) is 12.2 Å². The number of aromatic nitrogens is 1. The van der Waals surface area contributed by atoms with Crippen LogP contribution in [-0.2, 0) is 9.53 Å². The van der Waals surface area contributed by atoms with E-state index in [1.54, 1.807) is 39.2 Å². The summed E-state index contributed by atoms with van der Waals surface area (Å²) in [6, 6.07) is 12.0. The summed E-state index contributed by atoms with van der Waals surface area (Å²) in [5.74, 6) is 0.180. The maximum Gasteiger partial charge on any atom is 0.338 e. The van der Waals surface area contributed by atoms with Crippen LogP contribution in [0.5, 0.6) is 5.75 Å². The van der Waals surface area contributed by atoms with Gasteiger partial charge in [-0.1, -0.05) is 47.2 Å². The number of hydrogen-bond donors (Lipinski definition) is 0. The highest BCUT2D eigenvalue weighted by Gasteiger charge is 2.34. The molecule has 0 N–H and O–H groups in total. The summed E-state index contributed by atoms with van der Waals surface area (Å²) in [5.41, 5.74) is 2.00. The number of ether oxygens (including phenoxy) is 2. The second-order valence-corrected chi connectivity index (χ2v) is 9.49. The zero-order chi connectivity index (χ0) is 23.7. The van der Waals surface area contributed by atoms with E-state index >= 15 is 0 Å². The number of allylic oxidation sites excluding steroid dienone is 1. The molecule has 1 atom stereocenters. The van der Waals surface area contributed by atoms with Gasteiger partial charge in [-0.05, 0) is 65.2 Å². The molecule has 3 aromatic rings. The molecule has 0 amide bonds. The topological polar surface area (TPSA) is 69.9 Å². The molecule has 6 nitrogen and oxygen atoms in total. The second kappa shape index (κ2) is 9.67. The fourth-order valence-electron chi connectivity index (χ4n) is 3.71. The molecule has 1 aliphatic heterocycles. The highest BCUT2D eigenvalue weighted by molar-refractivity contribution is 9.10. The van der Waals surface area contributed by atoms with Crippen molar-refractivity contribution in [1.29, 1.82) is 0 Å². The summed E-state index contributed by atoms with van der Waals surface area (Å²) in [6.07, 6.45) is 1.79. The normalized spacial score (nSPS) is 15.8. The number of methoxy groups -OCH3 is 1. The third-order valence-corrected chi connectivity index (χ3v) is 7.14. The number of benzene rings is 2. The van der Waals surface area contributed by atoms with Crippen LogP contribution in [-0.4, -0.2) is 24.3 Å². The molecule has 2 aromatic carbocycles. The number of carbonyl (C=O) groups excluding carboxylic acids is 1. The molecule has 0 aliphatic carbocycles. The first kappa shape index (κ1) is 23.5. The van der Waals surface area contributed by atoms with E-state index in [1.165, 1.54) is 15.9 Å². The van der Waals surface area contributed by atoms with Gasteiger partial charge in [0.05, 0.1) is 34.0 Å². The van der Waals surface area contributed by atoms with Gasteiger partial charge < -0.3 is 9.47 Å². The van der Waals surface area contributed by atoms with Crippen molar-refractivity contribution in [2.24, 2.45) is 4.99 Å². The monoisotopic (exact) mass is 546 g/mol. The van der Waals surface area contributed by atoms with Crippen molar-refractivity contribution in [2.75, 3.05) is 13.7 Å². The number of esters is 1. The van der Waals surface area contributed by atoms with Gasteiger partial charge in [-0.3, -0.25) is 9.36 Å². The third kappa shape index (κ3) is 4.43. The zero-order valence-electron chi connectivity index (χ0n) is 18.1. The van der Waals surface area contributed by atoms with E-state index in [0.29, 0.717) is 36.9 Å². The summed E-state index contributed by atoms with van der Waals surface area (Å²) in [4.78, 5) is 31.5. The van der Waals surface area contributed by atoms with E-state index in [0.717, 1.165) is 10.0 Å². The van der Waals surface area contributed by atoms with Crippen LogP contribution in [0.2, 0.25) is 5.02 Å². The highest BCUT2D eigenvalue weighted by atomic mass is 79.9. The van der Waals surface area contributed by atoms with Gasteiger partial charge in [-0.15, -0.1) is 0 Å². The number of nitrogens with zero attached hydrogens (tertiary/aromatic N) is 2. The predicted molar refractivity (Wildman–Crippen MR) is 133 cm³/mol. The molecule has 170 valence electrons. The van der Waals surface area contributed by atoms with Crippen molar-refractivity contribution in [3.63, 3.8) is 0 Å². The van der Waals surface area contributed by atoms with Crippen molar-refractivity contribution in [1.82, 2.24) is 4.57 Å². The molecule has 0 radical (unpaired) electrons. The first-order valence-corrected chi connectivity index (χ1v) is 12.1. The Morgan fingerprint density at radius 3 is 2.73 bits per heavy atom. The number of fused-ring (bicyclic) bond motifs is 1. The number of thiazole rings is 1. The van der Waals surface area contributed by atoms with Crippen molar-refractivity contribution < 1.29 is 14.3 Å². The molecule has 1 aromatic heterocycles. The van der Waals surface area contributed by atoms with Gasteiger partial charge >= 0.3 is 5.97 Å². The molecule has 2 heterocycles. The maximum atomic E-state index is 13.6. The second-order valence-electron chi connectivity index (χ2n) is 7.22. The van der Waals surface area contributed by atoms with Crippen LogP contribution in [0.4, 0.5) is 0 Å². The summed E-state index contributed by atoms with van der Waals surface area (Å²) in [6.45, 7) is 3.69. The van der Waals surface area contributed by atoms with E-state index in [9.17, 15) is 9.59 Å². The van der Waals surface area contributed by atoms with Crippen LogP contribution in [0.15, 0.2) is 68.0 Å². The molecule has 0 fully saturated rings. The molecule has 0 saturated heterocycles. The lowest BCUT2D eigenvalue weighted by molar-refractivity contribution is -0.139. The average molecular weight is 548 g/mol. The summed E-state index contributed by atoms with van der Waals surface area (Å²) >= 11 is 11.2. The Labute approximate surface area is 207 Å². The van der Waals surface area contributed by atoms with Gasteiger partial charge in [0.1, 0.15) is 11.8 Å². The summed E-state index contributed by atoms with van der Waals surface area (Å²) in [5, 5.41) is 0.452. The number of rotatable bonds is 5. The fraction of sp³-hybridized carbons (Fsp3) is 0.208. The smallest absolute Gasteiger partial charge is 0.338 e. The minimum absolute atomic E-state index is 0.210. The summed E-state index contributed by atoms with van der Waals surface area (Å²) in [7, 11) is 1.59. The van der Waals surface area contributed by atoms with Gasteiger partial charge in [0.2, 0.25) is 0 Å². The molecule has 0 bridgehead atoms. The molecular weight excluding hydrogens is 528 g/mol. The van der Waals surface area contributed by atoms with Crippen molar-refractivity contribution in [3.05, 3.63) is 94.0 Å². The van der Waals surface area contributed by atoms with Gasteiger partial charge in [-0.25, -0.2) is 9.79 Å². The number of halogens is 2. The van der Waals surface area contributed by atoms with Crippen molar-refractivity contribution in [2.45, 2.75) is 19.9 Å². The van der Waals surface area contributed by atoms with Crippen LogP contribution < -0.4 is 19.6 Å². The Hall–Kier alpha value is -2.68. The maximum absolute atomic E-state index is 13.6. The lowest BCUT2D eigenvalue weighted by atomic mass is 9.96. The standard InChI is InChI=1S/C24H20BrClN2O4S/c1-4-32-23(30)20-13(2)27-24-28(21(20)15-7-5-6-8-17(15)26)22(29)19(33-24)12-14-9-10-18(31-3)16(25)11-14/h5-12,21H,4H2,1-3H3/t21-/m1/s1. The fourth-order valence-corrected chi connectivity index (χ4v) is 5.55. The Bertz CT molecular complexity index is 1460. The van der Waals surface area contributed by atoms with Gasteiger partial charge in [0.15, 0.2) is 4.80 Å². The molecule has 0 spiro atoms. The average Bonchev–Trinajstić information content (AvgIpc) is 3.08. The van der Waals surface area contributed by atoms with E-state index in [2.05, 4.69) is 20.9 Å². The van der Waals surface area contributed by atoms with Crippen LogP contribution in [0.1, 0.15) is 31.0 Å². The quantitative estimate of drug-likeness (QED) is 0.449. The van der Waals surface area contributed by atoms with Crippen LogP contribution >= 0.6 is 38.9 Å². The van der Waals surface area contributed by atoms with Crippen LogP contribution in [0.25, 0.3) is 6.08 Å². The van der Waals surface area contributed by atoms with Gasteiger partial charge in [0, 0.05) is 5.02 Å². The zero-order valence-corrected chi connectivity index (χ0v) is 21.3. The summed E-state index contributed by atoms with van der Waals surface area (Å²) < 4.78 is 13.4. The number of carbonyl (C=O) groups is 1. The SMILES string of the molecule is CCOC(=O)C1=C(C)N=c2sc(=Cc3ccc(OC)c(Br)c3)c(=O)n2[C@@H]1c1ccccc1Cl. The van der Waals surface area contributed by atoms with E-state index in [4.69, 9.17) is 21.1 Å².